The Balaban J connectivity index is 1.72. The summed E-state index contributed by atoms with van der Waals surface area (Å²) < 4.78 is 6.51. The number of halogens is 2. The zero-order valence-electron chi connectivity index (χ0n) is 14.1. The number of H-pyrrole nitrogens is 1. The van der Waals surface area contributed by atoms with E-state index in [0.717, 1.165) is 21.4 Å². The Morgan fingerprint density at radius 1 is 1.52 bits per heavy atom. The van der Waals surface area contributed by atoms with Gasteiger partial charge in [0, 0.05) is 22.3 Å². The van der Waals surface area contributed by atoms with Gasteiger partial charge in [-0.25, -0.2) is 0 Å². The van der Waals surface area contributed by atoms with Crippen molar-refractivity contribution < 1.29 is 9.53 Å². The van der Waals surface area contributed by atoms with E-state index in [0.29, 0.717) is 30.5 Å². The lowest BCUT2D eigenvalue weighted by Crippen LogP contribution is -2.44. The molecule has 6 nitrogen and oxygen atoms in total. The molecule has 1 fully saturated rings. The van der Waals surface area contributed by atoms with Crippen molar-refractivity contribution in [3.63, 3.8) is 0 Å². The number of hydrogen-bond donors (Lipinski definition) is 2. The smallest absolute Gasteiger partial charge is 0.238 e. The molecular formula is C17H20BrClN4O2. The third kappa shape index (κ3) is 4.23. The molecule has 25 heavy (non-hydrogen) atoms. The molecule has 8 heteroatoms. The van der Waals surface area contributed by atoms with Crippen LogP contribution in [-0.2, 0) is 9.53 Å². The van der Waals surface area contributed by atoms with E-state index in [1.165, 1.54) is 0 Å². The number of morpholine rings is 1. The first-order valence-electron chi connectivity index (χ1n) is 8.04. The highest BCUT2D eigenvalue weighted by Crippen LogP contribution is 2.29. The molecule has 134 valence electrons. The molecule has 1 aliphatic heterocycles. The fourth-order valence-electron chi connectivity index (χ4n) is 3.11. The Labute approximate surface area is 160 Å². The Morgan fingerprint density at radius 3 is 3.00 bits per heavy atom. The van der Waals surface area contributed by atoms with Crippen LogP contribution in [0.5, 0.6) is 0 Å². The van der Waals surface area contributed by atoms with Crippen LogP contribution in [0.1, 0.15) is 23.0 Å². The summed E-state index contributed by atoms with van der Waals surface area (Å²) in [4.78, 5) is 14.6. The maximum absolute atomic E-state index is 12.5. The highest BCUT2D eigenvalue weighted by molar-refractivity contribution is 9.10. The van der Waals surface area contributed by atoms with Crippen molar-refractivity contribution in [1.82, 2.24) is 15.1 Å². The maximum Gasteiger partial charge on any atom is 0.238 e. The number of carbonyl (C=O) groups is 1. The van der Waals surface area contributed by atoms with Gasteiger partial charge in [-0.2, -0.15) is 5.10 Å². The summed E-state index contributed by atoms with van der Waals surface area (Å²) in [5, 5.41) is 10.7. The summed E-state index contributed by atoms with van der Waals surface area (Å²) in [5.74, 6) is -0.102. The van der Waals surface area contributed by atoms with E-state index in [1.807, 2.05) is 19.9 Å². The summed E-state index contributed by atoms with van der Waals surface area (Å²) in [7, 11) is 0. The average molecular weight is 428 g/mol. The zero-order chi connectivity index (χ0) is 18.0. The van der Waals surface area contributed by atoms with E-state index in [2.05, 4.69) is 36.3 Å². The van der Waals surface area contributed by atoms with Crippen molar-refractivity contribution in [1.29, 1.82) is 0 Å². The maximum atomic E-state index is 12.5. The topological polar surface area (TPSA) is 70.2 Å². The molecule has 2 heterocycles. The molecule has 1 aromatic carbocycles. The molecule has 0 aliphatic carbocycles. The van der Waals surface area contributed by atoms with Crippen LogP contribution in [0.3, 0.4) is 0 Å². The van der Waals surface area contributed by atoms with Crippen LogP contribution >= 0.6 is 27.5 Å². The predicted octanol–water partition coefficient (Wildman–Crippen LogP) is 3.45. The normalized spacial score (nSPS) is 18.3. The monoisotopic (exact) mass is 426 g/mol. The second kappa shape index (κ2) is 7.86. The quantitative estimate of drug-likeness (QED) is 0.784. The van der Waals surface area contributed by atoms with E-state index in [1.54, 1.807) is 12.1 Å². The predicted molar refractivity (Wildman–Crippen MR) is 101 cm³/mol. The number of nitrogens with one attached hydrogen (secondary N) is 2. The van der Waals surface area contributed by atoms with Crippen LogP contribution in [0.25, 0.3) is 0 Å². The van der Waals surface area contributed by atoms with Gasteiger partial charge in [0.25, 0.3) is 0 Å². The lowest BCUT2D eigenvalue weighted by molar-refractivity contribution is -0.119. The van der Waals surface area contributed by atoms with Crippen LogP contribution < -0.4 is 5.32 Å². The highest BCUT2D eigenvalue weighted by Gasteiger charge is 2.29. The van der Waals surface area contributed by atoms with E-state index < -0.39 is 0 Å². The van der Waals surface area contributed by atoms with Gasteiger partial charge < -0.3 is 10.1 Å². The van der Waals surface area contributed by atoms with Gasteiger partial charge in [-0.3, -0.25) is 14.8 Å². The minimum Gasteiger partial charge on any atom is -0.378 e. The molecule has 2 N–H and O–H groups in total. The van der Waals surface area contributed by atoms with Crippen LogP contribution in [0.15, 0.2) is 22.7 Å². The van der Waals surface area contributed by atoms with E-state index in [-0.39, 0.29) is 18.5 Å². The van der Waals surface area contributed by atoms with Crippen molar-refractivity contribution in [3.8, 4) is 0 Å². The zero-order valence-corrected chi connectivity index (χ0v) is 16.4. The number of aromatic amines is 1. The lowest BCUT2D eigenvalue weighted by atomic mass is 10.0. The van der Waals surface area contributed by atoms with Crippen LogP contribution in [0, 0.1) is 13.8 Å². The molecule has 3 rings (SSSR count). The Bertz CT molecular complexity index is 761. The van der Waals surface area contributed by atoms with Gasteiger partial charge >= 0.3 is 0 Å². The number of rotatable bonds is 4. The summed E-state index contributed by atoms with van der Waals surface area (Å²) in [6.45, 7) is 6.07. The second-order valence-corrected chi connectivity index (χ2v) is 7.40. The van der Waals surface area contributed by atoms with Gasteiger partial charge in [-0.1, -0.05) is 27.5 Å². The summed E-state index contributed by atoms with van der Waals surface area (Å²) in [6, 6.07) is 5.40. The molecule has 1 saturated heterocycles. The SMILES string of the molecule is Cc1n[nH]c(C)c1[C@@H]1COCCN1CC(=O)Nc1ccc(Br)cc1Cl. The number of hydrogen-bond acceptors (Lipinski definition) is 4. The highest BCUT2D eigenvalue weighted by atomic mass is 79.9. The van der Waals surface area contributed by atoms with Gasteiger partial charge in [-0.15, -0.1) is 0 Å². The molecule has 1 aromatic heterocycles. The first kappa shape index (κ1) is 18.4. The third-order valence-electron chi connectivity index (χ3n) is 4.31. The number of anilines is 1. The minimum absolute atomic E-state index is 0.0126. The van der Waals surface area contributed by atoms with Crippen LogP contribution in [0.4, 0.5) is 5.69 Å². The van der Waals surface area contributed by atoms with E-state index in [9.17, 15) is 4.79 Å². The molecule has 2 aromatic rings. The third-order valence-corrected chi connectivity index (χ3v) is 5.12. The molecule has 1 aliphatic rings. The Hall–Kier alpha value is -1.41. The van der Waals surface area contributed by atoms with Crippen molar-refractivity contribution in [2.45, 2.75) is 19.9 Å². The molecule has 0 bridgehead atoms. The average Bonchev–Trinajstić information content (AvgIpc) is 2.90. The fraction of sp³-hybridized carbons (Fsp3) is 0.412. The minimum atomic E-state index is -0.102. The first-order valence-corrected chi connectivity index (χ1v) is 9.21. The van der Waals surface area contributed by atoms with Crippen molar-refractivity contribution in [3.05, 3.63) is 44.6 Å². The van der Waals surface area contributed by atoms with Gasteiger partial charge in [-0.05, 0) is 32.0 Å². The van der Waals surface area contributed by atoms with Crippen molar-refractivity contribution >= 4 is 39.1 Å². The lowest BCUT2D eigenvalue weighted by Gasteiger charge is -2.35. The number of aromatic nitrogens is 2. The number of aryl methyl sites for hydroxylation is 2. The second-order valence-electron chi connectivity index (χ2n) is 6.08. The van der Waals surface area contributed by atoms with E-state index in [4.69, 9.17) is 16.3 Å². The van der Waals surface area contributed by atoms with Gasteiger partial charge in [0.05, 0.1) is 42.2 Å². The molecule has 1 atom stereocenters. The van der Waals surface area contributed by atoms with Gasteiger partial charge in [0.2, 0.25) is 5.91 Å². The summed E-state index contributed by atoms with van der Waals surface area (Å²) >= 11 is 9.53. The largest absolute Gasteiger partial charge is 0.378 e. The van der Waals surface area contributed by atoms with Gasteiger partial charge in [0.15, 0.2) is 0 Å². The number of carbonyl (C=O) groups excluding carboxylic acids is 1. The number of ether oxygens (including phenoxy) is 1. The van der Waals surface area contributed by atoms with Crippen molar-refractivity contribution in [2.75, 3.05) is 31.6 Å². The standard InChI is InChI=1S/C17H20BrClN4O2/c1-10-17(11(2)22-21-10)15-9-25-6-5-23(15)8-16(24)20-14-4-3-12(18)7-13(14)19/h3-4,7,15H,5-6,8-9H2,1-2H3,(H,20,24)(H,21,22)/t15-/m0/s1. The van der Waals surface area contributed by atoms with E-state index >= 15 is 0 Å². The summed E-state index contributed by atoms with van der Waals surface area (Å²) in [6.07, 6.45) is 0. The molecule has 0 radical (unpaired) electrons. The fourth-order valence-corrected chi connectivity index (χ4v) is 3.83. The number of nitrogens with zero attached hydrogens (tertiary/aromatic N) is 2. The molecule has 1 amide bonds. The Kier molecular flexibility index (Phi) is 5.78. The molecular weight excluding hydrogens is 408 g/mol. The molecule has 0 spiro atoms. The number of benzene rings is 1. The van der Waals surface area contributed by atoms with Crippen LogP contribution in [0.2, 0.25) is 5.02 Å². The first-order chi connectivity index (χ1) is 12.0. The molecule has 0 saturated carbocycles. The molecule has 0 unspecified atom stereocenters. The summed E-state index contributed by atoms with van der Waals surface area (Å²) in [5.41, 5.74) is 3.66. The van der Waals surface area contributed by atoms with Gasteiger partial charge in [0.1, 0.15) is 0 Å². The van der Waals surface area contributed by atoms with Crippen molar-refractivity contribution in [2.24, 2.45) is 0 Å². The Morgan fingerprint density at radius 2 is 2.32 bits per heavy atom. The number of amides is 1. The van der Waals surface area contributed by atoms with Crippen LogP contribution in [-0.4, -0.2) is 47.3 Å².